The number of hydrogen-bond donors (Lipinski definition) is 2. The number of nitrogens with zero attached hydrogens (tertiary/aromatic N) is 3. The molecule has 0 radical (unpaired) electrons. The third-order valence-corrected chi connectivity index (χ3v) is 9.43. The van der Waals surface area contributed by atoms with Crippen LogP contribution in [0, 0.1) is 24.7 Å². The number of aliphatic imine (C=N–C) groups is 1. The van der Waals surface area contributed by atoms with Gasteiger partial charge in [-0.05, 0) is 71.4 Å². The van der Waals surface area contributed by atoms with Gasteiger partial charge < -0.3 is 15.3 Å². The number of rotatable bonds is 9. The lowest BCUT2D eigenvalue weighted by Crippen LogP contribution is -2.49. The number of carbonyl (C=O) groups excluding carboxylic acids is 1. The van der Waals surface area contributed by atoms with Crippen LogP contribution >= 0.6 is 11.3 Å². The summed E-state index contributed by atoms with van der Waals surface area (Å²) in [6.45, 7) is 13.9. The van der Waals surface area contributed by atoms with Crippen LogP contribution in [0.3, 0.4) is 0 Å². The van der Waals surface area contributed by atoms with Crippen molar-refractivity contribution < 1.29 is 9.90 Å². The number of anilines is 1. The maximum atomic E-state index is 12.7. The molecule has 1 aromatic carbocycles. The fourth-order valence-electron chi connectivity index (χ4n) is 6.14. The lowest BCUT2D eigenvalue weighted by Gasteiger charge is -2.39. The van der Waals surface area contributed by atoms with Crippen LogP contribution in [-0.2, 0) is 17.8 Å². The molecule has 7 heteroatoms. The molecule has 208 valence electrons. The van der Waals surface area contributed by atoms with Gasteiger partial charge in [0.05, 0.1) is 25.3 Å². The molecule has 39 heavy (non-hydrogen) atoms. The molecule has 1 aromatic heterocycles. The van der Waals surface area contributed by atoms with Crippen LogP contribution < -0.4 is 5.32 Å². The van der Waals surface area contributed by atoms with E-state index >= 15 is 0 Å². The van der Waals surface area contributed by atoms with Crippen molar-refractivity contribution in [3.63, 3.8) is 0 Å². The predicted molar refractivity (Wildman–Crippen MR) is 162 cm³/mol. The minimum atomic E-state index is 0.0173. The van der Waals surface area contributed by atoms with Gasteiger partial charge in [0, 0.05) is 55.4 Å². The van der Waals surface area contributed by atoms with Crippen molar-refractivity contribution in [3.8, 4) is 0 Å². The maximum Gasteiger partial charge on any atom is 0.229 e. The smallest absolute Gasteiger partial charge is 0.229 e. The number of aliphatic hydroxyl groups excluding tert-OH is 1. The molecule has 2 aromatic rings. The number of aliphatic hydroxyl groups is 1. The van der Waals surface area contributed by atoms with Crippen molar-refractivity contribution in [2.45, 2.75) is 40.2 Å². The van der Waals surface area contributed by atoms with Gasteiger partial charge in [-0.3, -0.25) is 14.7 Å². The first-order chi connectivity index (χ1) is 18.9. The lowest BCUT2D eigenvalue weighted by atomic mass is 9.76. The van der Waals surface area contributed by atoms with Gasteiger partial charge in [0.15, 0.2) is 0 Å². The van der Waals surface area contributed by atoms with Gasteiger partial charge in [0.2, 0.25) is 5.91 Å². The van der Waals surface area contributed by atoms with Crippen LogP contribution in [0.2, 0.25) is 0 Å². The number of piperazine rings is 1. The van der Waals surface area contributed by atoms with Crippen molar-refractivity contribution >= 4 is 28.6 Å². The van der Waals surface area contributed by atoms with E-state index in [1.165, 1.54) is 17.6 Å². The summed E-state index contributed by atoms with van der Waals surface area (Å²) in [5.74, 6) is 1.76. The Balaban J connectivity index is 1.25. The maximum absolute atomic E-state index is 12.7. The van der Waals surface area contributed by atoms with E-state index in [4.69, 9.17) is 4.99 Å². The molecule has 6 nitrogen and oxygen atoms in total. The standard InChI is InChI=1S/C32H42N4O2S/c1-22-15-23(2)27(21-36-10-8-35(9-11-36)12-13-37)17-25(22)6-7-30-29-19-31(24(3)16-26(29)20-33-30)34-32(38)18-28-5-4-14-39-28/h4-7,14,16-17,19,22-23,27,37H,8-13,15,18,20-21H2,1-3H3,(H,34,38)/b7-6+. The summed E-state index contributed by atoms with van der Waals surface area (Å²) >= 11 is 1.61. The second kappa shape index (κ2) is 12.7. The van der Waals surface area contributed by atoms with Gasteiger partial charge in [-0.2, -0.15) is 0 Å². The quantitative estimate of drug-likeness (QED) is 0.468. The van der Waals surface area contributed by atoms with Crippen LogP contribution in [0.4, 0.5) is 5.69 Å². The van der Waals surface area contributed by atoms with Gasteiger partial charge in [0.1, 0.15) is 0 Å². The molecule has 3 aliphatic rings. The number of hydrogen-bond acceptors (Lipinski definition) is 6. The summed E-state index contributed by atoms with van der Waals surface area (Å²) in [6.07, 6.45) is 8.58. The Morgan fingerprint density at radius 2 is 1.97 bits per heavy atom. The number of β-amino-alcohol motifs (C(OH)–C–C–N with tert-alkyl or cyclic N) is 1. The minimum absolute atomic E-state index is 0.0173. The Labute approximate surface area is 237 Å². The van der Waals surface area contributed by atoms with Crippen molar-refractivity contribution in [1.29, 1.82) is 0 Å². The van der Waals surface area contributed by atoms with Crippen molar-refractivity contribution in [2.24, 2.45) is 22.7 Å². The number of nitrogens with one attached hydrogen (secondary N) is 1. The molecular weight excluding hydrogens is 504 g/mol. The van der Waals surface area contributed by atoms with Gasteiger partial charge in [-0.25, -0.2) is 0 Å². The van der Waals surface area contributed by atoms with E-state index in [0.29, 0.717) is 30.7 Å². The Morgan fingerprint density at radius 1 is 1.18 bits per heavy atom. The first-order valence-corrected chi connectivity index (χ1v) is 15.2. The van der Waals surface area contributed by atoms with Crippen molar-refractivity contribution in [3.05, 3.63) is 75.0 Å². The molecule has 1 aliphatic carbocycles. The number of aryl methyl sites for hydroxylation is 1. The highest BCUT2D eigenvalue weighted by Crippen LogP contribution is 2.35. The second-order valence-electron chi connectivity index (χ2n) is 11.5. The van der Waals surface area contributed by atoms with E-state index < -0.39 is 0 Å². The average Bonchev–Trinajstić information content (AvgIpc) is 3.56. The lowest BCUT2D eigenvalue weighted by molar-refractivity contribution is -0.115. The highest BCUT2D eigenvalue weighted by Gasteiger charge is 2.28. The molecule has 3 atom stereocenters. The van der Waals surface area contributed by atoms with Crippen LogP contribution in [0.1, 0.15) is 41.8 Å². The second-order valence-corrected chi connectivity index (χ2v) is 12.5. The van der Waals surface area contributed by atoms with Crippen molar-refractivity contribution in [2.75, 3.05) is 51.2 Å². The first-order valence-electron chi connectivity index (χ1n) is 14.4. The van der Waals surface area contributed by atoms with E-state index in [9.17, 15) is 9.90 Å². The Bertz CT molecular complexity index is 1240. The molecule has 0 spiro atoms. The monoisotopic (exact) mass is 546 g/mol. The molecule has 3 unspecified atom stereocenters. The van der Waals surface area contributed by atoms with Crippen LogP contribution in [-0.4, -0.2) is 72.4 Å². The Morgan fingerprint density at radius 3 is 2.72 bits per heavy atom. The number of thiophene rings is 1. The third kappa shape index (κ3) is 6.95. The first kappa shape index (κ1) is 28.0. The number of carbonyl (C=O) groups is 1. The zero-order valence-corrected chi connectivity index (χ0v) is 24.3. The summed E-state index contributed by atoms with van der Waals surface area (Å²) in [7, 11) is 0. The SMILES string of the molecule is Cc1cc2c(cc1NC(=O)Cc1cccs1)C(/C=C/C1=CC(CN3CCN(CCO)CC3)C(C)CC1C)=NC2. The van der Waals surface area contributed by atoms with Crippen molar-refractivity contribution in [1.82, 2.24) is 9.80 Å². The van der Waals surface area contributed by atoms with Gasteiger partial charge in [-0.1, -0.05) is 38.1 Å². The number of benzene rings is 1. The van der Waals surface area contributed by atoms with Gasteiger partial charge >= 0.3 is 0 Å². The molecular formula is C32H42N4O2S. The predicted octanol–water partition coefficient (Wildman–Crippen LogP) is 4.93. The molecule has 5 rings (SSSR count). The zero-order chi connectivity index (χ0) is 27.4. The zero-order valence-electron chi connectivity index (χ0n) is 23.5. The molecule has 0 saturated carbocycles. The Kier molecular flexibility index (Phi) is 9.13. The Hall–Kier alpha value is -2.58. The van der Waals surface area contributed by atoms with Gasteiger partial charge in [-0.15, -0.1) is 11.3 Å². The number of amides is 1. The molecule has 0 bridgehead atoms. The molecule has 3 heterocycles. The van der Waals surface area contributed by atoms with Crippen LogP contribution in [0.25, 0.3) is 0 Å². The average molecular weight is 547 g/mol. The minimum Gasteiger partial charge on any atom is -0.395 e. The summed E-state index contributed by atoms with van der Waals surface area (Å²) in [4.78, 5) is 23.5. The third-order valence-electron chi connectivity index (χ3n) is 8.55. The molecule has 2 aliphatic heterocycles. The van der Waals surface area contributed by atoms with Crippen LogP contribution in [0.15, 0.2) is 58.4 Å². The fourth-order valence-corrected chi connectivity index (χ4v) is 6.85. The highest BCUT2D eigenvalue weighted by molar-refractivity contribution is 7.10. The molecule has 1 fully saturated rings. The molecule has 1 amide bonds. The van der Waals surface area contributed by atoms with E-state index in [-0.39, 0.29) is 12.5 Å². The summed E-state index contributed by atoms with van der Waals surface area (Å²) < 4.78 is 0. The van der Waals surface area contributed by atoms with E-state index in [0.717, 1.165) is 66.7 Å². The summed E-state index contributed by atoms with van der Waals surface area (Å²) in [5.41, 5.74) is 6.70. The van der Waals surface area contributed by atoms with E-state index in [1.807, 2.05) is 17.5 Å². The number of allylic oxidation sites excluding steroid dienone is 3. The van der Waals surface area contributed by atoms with E-state index in [1.54, 1.807) is 11.3 Å². The molecule has 2 N–H and O–H groups in total. The van der Waals surface area contributed by atoms with E-state index in [2.05, 4.69) is 66.2 Å². The van der Waals surface area contributed by atoms with Crippen LogP contribution in [0.5, 0.6) is 0 Å². The normalized spacial score (nSPS) is 24.1. The van der Waals surface area contributed by atoms with Gasteiger partial charge in [0.25, 0.3) is 0 Å². The largest absolute Gasteiger partial charge is 0.395 e. The summed E-state index contributed by atoms with van der Waals surface area (Å²) in [6, 6.07) is 8.25. The summed E-state index contributed by atoms with van der Waals surface area (Å²) in [5, 5.41) is 14.4. The topological polar surface area (TPSA) is 68.2 Å². The number of fused-ring (bicyclic) bond motifs is 1. The fraction of sp³-hybridized carbons (Fsp3) is 0.500. The highest BCUT2D eigenvalue weighted by atomic mass is 32.1. The molecule has 1 saturated heterocycles.